The molecule has 3 N–H and O–H groups in total. The van der Waals surface area contributed by atoms with Crippen molar-refractivity contribution in [1.29, 1.82) is 0 Å². The summed E-state index contributed by atoms with van der Waals surface area (Å²) in [5.41, 5.74) is 6.44. The quantitative estimate of drug-likeness (QED) is 0.863. The summed E-state index contributed by atoms with van der Waals surface area (Å²) in [6.07, 6.45) is 2.06. The Hall–Kier alpha value is -1.98. The van der Waals surface area contributed by atoms with Crippen molar-refractivity contribution in [1.82, 2.24) is 5.32 Å². The molecule has 0 heterocycles. The molecule has 6 heteroatoms. The molecule has 3 atom stereocenters. The molecule has 3 unspecified atom stereocenters. The second kappa shape index (κ2) is 7.50. The van der Waals surface area contributed by atoms with Gasteiger partial charge in [0.05, 0.1) is 6.04 Å². The maximum Gasteiger partial charge on any atom is 0.223 e. The third-order valence-corrected chi connectivity index (χ3v) is 4.96. The summed E-state index contributed by atoms with van der Waals surface area (Å²) in [5.74, 6) is -1.63. The van der Waals surface area contributed by atoms with Crippen LogP contribution in [-0.4, -0.2) is 11.9 Å². The second-order valence-electron chi connectivity index (χ2n) is 6.40. The van der Waals surface area contributed by atoms with Crippen LogP contribution in [0.2, 0.25) is 5.02 Å². The van der Waals surface area contributed by atoms with Gasteiger partial charge in [-0.2, -0.15) is 0 Å². The first-order chi connectivity index (χ1) is 12.0. The van der Waals surface area contributed by atoms with E-state index in [1.54, 1.807) is 24.3 Å². The van der Waals surface area contributed by atoms with Crippen LogP contribution in [0.15, 0.2) is 42.5 Å². The number of rotatable bonds is 4. The summed E-state index contributed by atoms with van der Waals surface area (Å²) in [7, 11) is 0. The van der Waals surface area contributed by atoms with Gasteiger partial charge in [-0.1, -0.05) is 29.8 Å². The fourth-order valence-corrected chi connectivity index (χ4v) is 3.53. The van der Waals surface area contributed by atoms with E-state index in [4.69, 9.17) is 17.3 Å². The minimum Gasteiger partial charge on any atom is -0.345 e. The van der Waals surface area contributed by atoms with E-state index in [2.05, 4.69) is 5.32 Å². The molecule has 1 aliphatic carbocycles. The van der Waals surface area contributed by atoms with Crippen molar-refractivity contribution in [3.05, 3.63) is 70.2 Å². The molecule has 1 amide bonds. The van der Waals surface area contributed by atoms with Gasteiger partial charge in [-0.15, -0.1) is 0 Å². The Morgan fingerprint density at radius 3 is 2.60 bits per heavy atom. The van der Waals surface area contributed by atoms with E-state index in [0.29, 0.717) is 23.4 Å². The maximum atomic E-state index is 14.3. The van der Waals surface area contributed by atoms with Crippen molar-refractivity contribution < 1.29 is 13.6 Å². The van der Waals surface area contributed by atoms with Gasteiger partial charge in [0.25, 0.3) is 0 Å². The van der Waals surface area contributed by atoms with Crippen LogP contribution in [0, 0.1) is 17.6 Å². The molecule has 0 aromatic heterocycles. The number of hydrogen-bond donors (Lipinski definition) is 2. The van der Waals surface area contributed by atoms with Crippen LogP contribution in [0.5, 0.6) is 0 Å². The Morgan fingerprint density at radius 1 is 1.16 bits per heavy atom. The molecule has 3 nitrogen and oxygen atoms in total. The van der Waals surface area contributed by atoms with Crippen molar-refractivity contribution >= 4 is 17.5 Å². The highest BCUT2D eigenvalue weighted by Gasteiger charge is 2.31. The van der Waals surface area contributed by atoms with Crippen molar-refractivity contribution in [3.63, 3.8) is 0 Å². The number of nitrogens with two attached hydrogens (primary N) is 1. The van der Waals surface area contributed by atoms with Crippen LogP contribution in [0.3, 0.4) is 0 Å². The molecular formula is C19H19ClF2N2O. The van der Waals surface area contributed by atoms with Gasteiger partial charge < -0.3 is 11.1 Å². The maximum absolute atomic E-state index is 14.3. The highest BCUT2D eigenvalue weighted by atomic mass is 35.5. The fraction of sp³-hybridized carbons (Fsp3) is 0.316. The summed E-state index contributed by atoms with van der Waals surface area (Å²) in [6, 6.07) is 9.13. The molecule has 2 aromatic rings. The number of nitrogens with one attached hydrogen (secondary N) is 1. The molecule has 0 aliphatic heterocycles. The Labute approximate surface area is 150 Å². The highest BCUT2D eigenvalue weighted by molar-refractivity contribution is 6.31. The molecule has 2 aromatic carbocycles. The lowest BCUT2D eigenvalue weighted by Crippen LogP contribution is -2.35. The van der Waals surface area contributed by atoms with Crippen molar-refractivity contribution in [3.8, 4) is 0 Å². The normalized spacial score (nSPS) is 21.1. The largest absolute Gasteiger partial charge is 0.345 e. The van der Waals surface area contributed by atoms with Gasteiger partial charge >= 0.3 is 0 Å². The van der Waals surface area contributed by atoms with E-state index < -0.39 is 17.7 Å². The smallest absolute Gasteiger partial charge is 0.223 e. The van der Waals surface area contributed by atoms with Crippen molar-refractivity contribution in [2.75, 3.05) is 0 Å². The average molecular weight is 365 g/mol. The Kier molecular flexibility index (Phi) is 5.35. The summed E-state index contributed by atoms with van der Waals surface area (Å²) in [6.45, 7) is 0. The van der Waals surface area contributed by atoms with E-state index in [0.717, 1.165) is 24.6 Å². The van der Waals surface area contributed by atoms with Gasteiger partial charge in [-0.05, 0) is 49.1 Å². The summed E-state index contributed by atoms with van der Waals surface area (Å²) < 4.78 is 28.0. The molecule has 0 saturated heterocycles. The number of amides is 1. The van der Waals surface area contributed by atoms with Crippen LogP contribution in [0.4, 0.5) is 8.78 Å². The predicted octanol–water partition coefficient (Wildman–Crippen LogP) is 3.95. The third-order valence-electron chi connectivity index (χ3n) is 4.62. The summed E-state index contributed by atoms with van der Waals surface area (Å²) in [4.78, 5) is 12.6. The van der Waals surface area contributed by atoms with E-state index >= 15 is 0 Å². The zero-order valence-corrected chi connectivity index (χ0v) is 14.3. The molecule has 1 fully saturated rings. The molecule has 1 aliphatic rings. The number of carbonyl (C=O) groups excluding carboxylic acids is 1. The highest BCUT2D eigenvalue weighted by Crippen LogP contribution is 2.32. The van der Waals surface area contributed by atoms with E-state index in [9.17, 15) is 13.6 Å². The zero-order chi connectivity index (χ0) is 18.0. The number of halogens is 3. The first-order valence-corrected chi connectivity index (χ1v) is 8.59. The minimum absolute atomic E-state index is 0.000388. The van der Waals surface area contributed by atoms with Gasteiger partial charge in [-0.25, -0.2) is 8.78 Å². The Balaban J connectivity index is 1.96. The molecule has 132 valence electrons. The SMILES string of the molecule is NC1CCC(C(=O)NC(c2cc(F)ccc2F)c2ccccc2Cl)C1. The number of carbonyl (C=O) groups is 1. The van der Waals surface area contributed by atoms with Crippen molar-refractivity contribution in [2.45, 2.75) is 31.3 Å². The minimum atomic E-state index is -0.867. The van der Waals surface area contributed by atoms with Crippen LogP contribution in [0.1, 0.15) is 36.4 Å². The lowest BCUT2D eigenvalue weighted by atomic mass is 9.96. The monoisotopic (exact) mass is 364 g/mol. The van der Waals surface area contributed by atoms with Crippen LogP contribution in [-0.2, 0) is 4.79 Å². The first kappa shape index (κ1) is 17.8. The van der Waals surface area contributed by atoms with Crippen LogP contribution < -0.4 is 11.1 Å². The van der Waals surface area contributed by atoms with Gasteiger partial charge in [-0.3, -0.25) is 4.79 Å². The molecule has 0 radical (unpaired) electrons. The third kappa shape index (κ3) is 3.99. The van der Waals surface area contributed by atoms with Gasteiger partial charge in [0.1, 0.15) is 11.6 Å². The van der Waals surface area contributed by atoms with E-state index in [1.807, 2.05) is 0 Å². The van der Waals surface area contributed by atoms with Crippen LogP contribution >= 0.6 is 11.6 Å². The second-order valence-corrected chi connectivity index (χ2v) is 6.81. The molecule has 0 spiro atoms. The standard InChI is InChI=1S/C19H19ClF2N2O/c20-16-4-2-1-3-14(16)18(15-10-12(21)6-8-17(15)22)24-19(25)11-5-7-13(23)9-11/h1-4,6,8,10-11,13,18H,5,7,9,23H2,(H,24,25). The zero-order valence-electron chi connectivity index (χ0n) is 13.5. The lowest BCUT2D eigenvalue weighted by Gasteiger charge is -2.23. The molecule has 3 rings (SSSR count). The first-order valence-electron chi connectivity index (χ1n) is 8.21. The lowest BCUT2D eigenvalue weighted by molar-refractivity contribution is -0.125. The summed E-state index contributed by atoms with van der Waals surface area (Å²) >= 11 is 6.24. The topological polar surface area (TPSA) is 55.1 Å². The van der Waals surface area contributed by atoms with E-state index in [-0.39, 0.29) is 23.4 Å². The predicted molar refractivity (Wildman–Crippen MR) is 93.1 cm³/mol. The Morgan fingerprint density at radius 2 is 1.92 bits per heavy atom. The molecule has 25 heavy (non-hydrogen) atoms. The number of benzene rings is 2. The molecular weight excluding hydrogens is 346 g/mol. The van der Waals surface area contributed by atoms with Gasteiger partial charge in [0.15, 0.2) is 0 Å². The Bertz CT molecular complexity index is 784. The molecule has 0 bridgehead atoms. The molecule has 1 saturated carbocycles. The van der Waals surface area contributed by atoms with Gasteiger partial charge in [0.2, 0.25) is 5.91 Å². The average Bonchev–Trinajstić information content (AvgIpc) is 3.02. The summed E-state index contributed by atoms with van der Waals surface area (Å²) in [5, 5.41) is 3.21. The van der Waals surface area contributed by atoms with Gasteiger partial charge in [0, 0.05) is 22.5 Å². The van der Waals surface area contributed by atoms with Crippen molar-refractivity contribution in [2.24, 2.45) is 11.7 Å². The van der Waals surface area contributed by atoms with E-state index in [1.165, 1.54) is 0 Å². The fourth-order valence-electron chi connectivity index (χ4n) is 3.28. The van der Waals surface area contributed by atoms with Crippen LogP contribution in [0.25, 0.3) is 0 Å². The number of hydrogen-bond acceptors (Lipinski definition) is 2.